The Morgan fingerprint density at radius 2 is 1.63 bits per heavy atom. The van der Waals surface area contributed by atoms with Crippen molar-refractivity contribution < 1.29 is 60.7 Å². The van der Waals surface area contributed by atoms with Crippen LogP contribution in [-0.4, -0.2) is 77.7 Å². The standard InChI is InChI=1S/C38H50F5NO8/c1-5-49-29(45)13-17-44-31(46)50-19-23-6-8-24(9-7-23)26-18-33(4)27(12-16-36(33,48)37(39,40)38(41,42)43)25-10-14-34(47)20-35(15-11-28(34)30(25)26)51-21-32(2,3)22-52-35/h6-9,25-27,47-48H,5,10-22H2,1-4H3,(H,44,46)/t25-,26+,27-,33-,34+,36-/m0/s1. The van der Waals surface area contributed by atoms with E-state index in [0.717, 1.165) is 11.1 Å². The van der Waals surface area contributed by atoms with Crippen molar-refractivity contribution >= 4 is 12.1 Å². The van der Waals surface area contributed by atoms with Crippen LogP contribution >= 0.6 is 0 Å². The molecule has 14 heteroatoms. The zero-order valence-corrected chi connectivity index (χ0v) is 30.2. The average molecular weight is 744 g/mol. The number of aliphatic hydroxyl groups is 2. The molecule has 1 amide bonds. The number of ether oxygens (including phenoxy) is 4. The van der Waals surface area contributed by atoms with Crippen LogP contribution in [0, 0.1) is 22.7 Å². The van der Waals surface area contributed by atoms with Crippen molar-refractivity contribution in [3.8, 4) is 0 Å². The van der Waals surface area contributed by atoms with E-state index in [-0.39, 0.29) is 57.3 Å². The first kappa shape index (κ1) is 38.9. The van der Waals surface area contributed by atoms with Gasteiger partial charge in [-0.3, -0.25) is 4.79 Å². The van der Waals surface area contributed by atoms with Crippen LogP contribution in [0.25, 0.3) is 0 Å². The van der Waals surface area contributed by atoms with Gasteiger partial charge in [-0.2, -0.15) is 22.0 Å². The molecule has 1 spiro atoms. The second-order valence-corrected chi connectivity index (χ2v) is 16.5. The minimum absolute atomic E-state index is 0.00532. The van der Waals surface area contributed by atoms with Crippen molar-refractivity contribution in [2.24, 2.45) is 22.7 Å². The van der Waals surface area contributed by atoms with Crippen LogP contribution in [0.3, 0.4) is 0 Å². The summed E-state index contributed by atoms with van der Waals surface area (Å²) in [4.78, 5) is 23.7. The van der Waals surface area contributed by atoms with E-state index in [1.807, 2.05) is 13.8 Å². The predicted octanol–water partition coefficient (Wildman–Crippen LogP) is 7.09. The highest BCUT2D eigenvalue weighted by Crippen LogP contribution is 2.71. The Morgan fingerprint density at radius 3 is 2.27 bits per heavy atom. The summed E-state index contributed by atoms with van der Waals surface area (Å²) >= 11 is 0. The zero-order chi connectivity index (χ0) is 38.0. The van der Waals surface area contributed by atoms with Crippen LogP contribution in [0.2, 0.25) is 0 Å². The van der Waals surface area contributed by atoms with Crippen molar-refractivity contribution in [2.75, 3.05) is 26.4 Å². The summed E-state index contributed by atoms with van der Waals surface area (Å²) in [6, 6.07) is 6.86. The van der Waals surface area contributed by atoms with Gasteiger partial charge >= 0.3 is 24.2 Å². The molecular formula is C38H50F5NO8. The number of alkyl halides is 5. The number of carbonyl (C=O) groups excluding carboxylic acids is 2. The lowest BCUT2D eigenvalue weighted by atomic mass is 9.49. The third-order valence-electron chi connectivity index (χ3n) is 12.5. The maximum absolute atomic E-state index is 15.4. The van der Waals surface area contributed by atoms with Gasteiger partial charge in [-0.15, -0.1) is 0 Å². The summed E-state index contributed by atoms with van der Waals surface area (Å²) < 4.78 is 95.4. The van der Waals surface area contributed by atoms with Crippen molar-refractivity contribution in [1.29, 1.82) is 0 Å². The second-order valence-electron chi connectivity index (χ2n) is 16.5. The van der Waals surface area contributed by atoms with Crippen LogP contribution in [0.5, 0.6) is 0 Å². The van der Waals surface area contributed by atoms with Crippen LogP contribution in [0.15, 0.2) is 35.4 Å². The Morgan fingerprint density at radius 1 is 0.962 bits per heavy atom. The quantitative estimate of drug-likeness (QED) is 0.147. The normalized spacial score (nSPS) is 33.9. The van der Waals surface area contributed by atoms with Gasteiger partial charge in [0.1, 0.15) is 12.2 Å². The molecule has 1 aromatic rings. The van der Waals surface area contributed by atoms with Gasteiger partial charge in [0.15, 0.2) is 5.79 Å². The summed E-state index contributed by atoms with van der Waals surface area (Å²) in [5.74, 6) is -8.55. The average Bonchev–Trinajstić information content (AvgIpc) is 3.35. The van der Waals surface area contributed by atoms with Crippen molar-refractivity contribution in [1.82, 2.24) is 5.32 Å². The van der Waals surface area contributed by atoms with E-state index in [1.54, 1.807) is 31.2 Å². The molecule has 1 saturated heterocycles. The lowest BCUT2D eigenvalue weighted by Gasteiger charge is -2.59. The van der Waals surface area contributed by atoms with Gasteiger partial charge in [-0.1, -0.05) is 50.6 Å². The highest BCUT2D eigenvalue weighted by atomic mass is 19.4. The van der Waals surface area contributed by atoms with E-state index in [9.17, 15) is 33.0 Å². The smallest absolute Gasteiger partial charge is 0.456 e. The molecule has 9 nitrogen and oxygen atoms in total. The SMILES string of the molecule is CCOC(=O)CCNC(=O)OCc1ccc([C@H]2C[C@@]3(C)[C@@H](CC[C@@]3(O)C(F)(F)C(F)(F)F)[C@@H]3CC[C@@]4(O)CC5(CCC4=C32)OCC(C)(C)CO5)cc1. The van der Waals surface area contributed by atoms with Crippen LogP contribution in [0.1, 0.15) is 103 Å². The number of hydrogen-bond donors (Lipinski definition) is 3. The van der Waals surface area contributed by atoms with Crippen LogP contribution < -0.4 is 5.32 Å². The van der Waals surface area contributed by atoms with E-state index >= 15 is 8.78 Å². The lowest BCUT2D eigenvalue weighted by molar-refractivity contribution is -0.362. The van der Waals surface area contributed by atoms with Crippen LogP contribution in [-0.2, 0) is 30.3 Å². The Hall–Kier alpha value is -2.81. The first-order chi connectivity index (χ1) is 24.2. The fourth-order valence-electron chi connectivity index (χ4n) is 9.85. The number of nitrogens with one attached hydrogen (secondary N) is 1. The lowest BCUT2D eigenvalue weighted by Crippen LogP contribution is -2.65. The first-order valence-corrected chi connectivity index (χ1v) is 18.3. The molecule has 3 N–H and O–H groups in total. The molecule has 1 heterocycles. The predicted molar refractivity (Wildman–Crippen MR) is 177 cm³/mol. The van der Waals surface area contributed by atoms with Gasteiger partial charge in [0, 0.05) is 36.1 Å². The third-order valence-corrected chi connectivity index (χ3v) is 12.5. The Bertz CT molecular complexity index is 1550. The molecule has 4 fully saturated rings. The van der Waals surface area contributed by atoms with Gasteiger partial charge in [0.05, 0.1) is 31.8 Å². The number of alkyl carbamates (subject to hydrolysis) is 1. The van der Waals surface area contributed by atoms with E-state index in [0.29, 0.717) is 43.6 Å². The topological polar surface area (TPSA) is 124 Å². The van der Waals surface area contributed by atoms with Gasteiger partial charge in [0.25, 0.3) is 0 Å². The molecule has 290 valence electrons. The Labute approximate surface area is 300 Å². The maximum atomic E-state index is 15.4. The molecule has 6 atom stereocenters. The molecule has 6 rings (SSSR count). The van der Waals surface area contributed by atoms with Gasteiger partial charge < -0.3 is 34.5 Å². The molecule has 1 aromatic carbocycles. The molecule has 0 radical (unpaired) electrons. The highest BCUT2D eigenvalue weighted by molar-refractivity contribution is 5.71. The number of rotatable bonds is 8. The molecule has 0 bridgehead atoms. The van der Waals surface area contributed by atoms with E-state index in [2.05, 4.69) is 5.32 Å². The summed E-state index contributed by atoms with van der Waals surface area (Å²) in [6.45, 7) is 8.17. The van der Waals surface area contributed by atoms with E-state index in [1.165, 1.54) is 6.92 Å². The number of amides is 1. The fourth-order valence-corrected chi connectivity index (χ4v) is 9.85. The monoisotopic (exact) mass is 743 g/mol. The molecular weight excluding hydrogens is 693 g/mol. The summed E-state index contributed by atoms with van der Waals surface area (Å²) in [5.41, 5.74) is -3.80. The summed E-state index contributed by atoms with van der Waals surface area (Å²) in [7, 11) is 0. The number of allylic oxidation sites excluding steroid dienone is 1. The molecule has 52 heavy (non-hydrogen) atoms. The largest absolute Gasteiger partial charge is 0.466 e. The number of fused-ring (bicyclic) bond motifs is 4. The zero-order valence-electron chi connectivity index (χ0n) is 30.2. The number of halogens is 5. The van der Waals surface area contributed by atoms with E-state index in [4.69, 9.17) is 18.9 Å². The van der Waals surface area contributed by atoms with Gasteiger partial charge in [0.2, 0.25) is 0 Å². The van der Waals surface area contributed by atoms with E-state index < -0.39 is 70.7 Å². The second kappa shape index (κ2) is 13.5. The molecule has 3 saturated carbocycles. The van der Waals surface area contributed by atoms with Crippen molar-refractivity contribution in [3.05, 3.63) is 46.5 Å². The molecule has 0 aromatic heterocycles. The van der Waals surface area contributed by atoms with Crippen LogP contribution in [0.4, 0.5) is 26.7 Å². The maximum Gasteiger partial charge on any atom is 0.456 e. The molecule has 4 aliphatic carbocycles. The minimum Gasteiger partial charge on any atom is -0.466 e. The van der Waals surface area contributed by atoms with Gasteiger partial charge in [-0.05, 0) is 74.0 Å². The Balaban J connectivity index is 1.31. The summed E-state index contributed by atoms with van der Waals surface area (Å²) in [6.07, 6.45) is -5.94. The fraction of sp³-hybridized carbons (Fsp3) is 0.737. The Kier molecular flexibility index (Phi) is 10.1. The number of benzene rings is 1. The molecule has 1 aliphatic heterocycles. The summed E-state index contributed by atoms with van der Waals surface area (Å²) in [5, 5.41) is 26.4. The first-order valence-electron chi connectivity index (χ1n) is 18.3. The number of esters is 1. The van der Waals surface area contributed by atoms with Crippen molar-refractivity contribution in [2.45, 2.75) is 127 Å². The molecule has 0 unspecified atom stereocenters. The number of hydrogen-bond acceptors (Lipinski definition) is 8. The molecule has 5 aliphatic rings. The number of carbonyl (C=O) groups is 2. The minimum atomic E-state index is -5.94. The third kappa shape index (κ3) is 6.63. The van der Waals surface area contributed by atoms with Gasteiger partial charge in [-0.25, -0.2) is 4.79 Å². The van der Waals surface area contributed by atoms with Crippen molar-refractivity contribution in [3.63, 3.8) is 0 Å². The highest BCUT2D eigenvalue weighted by Gasteiger charge is 2.79.